The fraction of sp³-hybridized carbons (Fsp3) is 0.379. The summed E-state index contributed by atoms with van der Waals surface area (Å²) < 4.78 is 16.8. The number of ether oxygens (including phenoxy) is 3. The number of hydrogen-bond acceptors (Lipinski definition) is 7. The number of nitrogens with zero attached hydrogens (tertiary/aromatic N) is 2. The van der Waals surface area contributed by atoms with Gasteiger partial charge >= 0.3 is 5.97 Å². The zero-order valence-electron chi connectivity index (χ0n) is 21.5. The molecule has 2 heterocycles. The Hall–Kier alpha value is -3.74. The van der Waals surface area contributed by atoms with Crippen LogP contribution in [0.2, 0.25) is 0 Å². The molecule has 1 N–H and O–H groups in total. The fourth-order valence-corrected chi connectivity index (χ4v) is 4.20. The smallest absolute Gasteiger partial charge is 0.340 e. The van der Waals surface area contributed by atoms with Crippen molar-refractivity contribution < 1.29 is 20.4 Å². The molecule has 1 atom stereocenters. The molecule has 1 aromatic heterocycles. The number of carbonyl (C=O) groups excluding carboxylic acids is 1. The van der Waals surface area contributed by atoms with Gasteiger partial charge in [0.25, 0.3) is 0 Å². The maximum absolute atomic E-state index is 12.0. The van der Waals surface area contributed by atoms with Gasteiger partial charge in [0.1, 0.15) is 11.5 Å². The van der Waals surface area contributed by atoms with Crippen molar-refractivity contribution in [2.45, 2.75) is 45.1 Å². The van der Waals surface area contributed by atoms with Crippen molar-refractivity contribution in [3.05, 3.63) is 72.1 Å². The topological polar surface area (TPSA) is 72.9 Å². The predicted octanol–water partition coefficient (Wildman–Crippen LogP) is 6.43. The van der Waals surface area contributed by atoms with Crippen LogP contribution in [0, 0.1) is 0 Å². The molecule has 0 saturated heterocycles. The molecule has 1 aliphatic heterocycles. The van der Waals surface area contributed by atoms with Crippen LogP contribution in [0.1, 0.15) is 56.4 Å². The van der Waals surface area contributed by atoms with Crippen molar-refractivity contribution in [1.82, 2.24) is 4.98 Å². The molecule has 7 nitrogen and oxygen atoms in total. The molecule has 0 unspecified atom stereocenters. The second kappa shape index (κ2) is 11.8. The highest BCUT2D eigenvalue weighted by Crippen LogP contribution is 2.38. The molecule has 0 radical (unpaired) electrons. The number of aromatic nitrogens is 1. The molecule has 7 heteroatoms. The summed E-state index contributed by atoms with van der Waals surface area (Å²) in [6.45, 7) is 5.32. The highest BCUT2D eigenvalue weighted by atomic mass is 16.5. The van der Waals surface area contributed by atoms with Crippen molar-refractivity contribution >= 4 is 23.0 Å². The summed E-state index contributed by atoms with van der Waals surface area (Å²) in [5.41, 5.74) is 4.46. The van der Waals surface area contributed by atoms with Gasteiger partial charge in [-0.15, -0.1) is 0 Å². The minimum atomic E-state index is -0.378. The normalized spacial score (nSPS) is 15.9. The van der Waals surface area contributed by atoms with E-state index in [9.17, 15) is 4.79 Å². The third kappa shape index (κ3) is 5.90. The Balaban J connectivity index is 0.00000124. The van der Waals surface area contributed by atoms with E-state index in [-0.39, 0.29) is 13.3 Å². The maximum atomic E-state index is 12.0. The number of esters is 1. The summed E-state index contributed by atoms with van der Waals surface area (Å²) in [4.78, 5) is 18.3. The monoisotopic (exact) mass is 491 g/mol. The Labute approximate surface area is 214 Å². The molecule has 1 aliphatic carbocycles. The van der Waals surface area contributed by atoms with E-state index in [1.807, 2.05) is 26.0 Å². The van der Waals surface area contributed by atoms with E-state index >= 15 is 0 Å². The van der Waals surface area contributed by atoms with Gasteiger partial charge in [-0.3, -0.25) is 4.98 Å². The van der Waals surface area contributed by atoms with Crippen LogP contribution in [0.5, 0.6) is 11.5 Å². The third-order valence-corrected chi connectivity index (χ3v) is 6.36. The molecule has 0 spiro atoms. The zero-order chi connectivity index (χ0) is 25.5. The molecule has 0 amide bonds. The second-order valence-corrected chi connectivity index (χ2v) is 8.72. The number of pyridine rings is 1. The second-order valence-electron chi connectivity index (χ2n) is 8.72. The van der Waals surface area contributed by atoms with E-state index in [1.165, 1.54) is 7.11 Å². The predicted molar refractivity (Wildman–Crippen MR) is 145 cm³/mol. The lowest BCUT2D eigenvalue weighted by atomic mass is 9.92. The zero-order valence-corrected chi connectivity index (χ0v) is 21.5. The average molecular weight is 492 g/mol. The van der Waals surface area contributed by atoms with Crippen LogP contribution < -0.4 is 19.7 Å². The van der Waals surface area contributed by atoms with Crippen molar-refractivity contribution in [2.75, 3.05) is 37.5 Å². The number of methoxy groups -OCH3 is 1. The van der Waals surface area contributed by atoms with E-state index < -0.39 is 0 Å². The van der Waals surface area contributed by atoms with Gasteiger partial charge in [0, 0.05) is 44.6 Å². The molecule has 2 aliphatic rings. The standard InChI is InChI=1S/C27H29N3O4.C2H6.H2/c1-30(19-3-6-21(7-4-19)34-22-8-9-22)20-5-10-23-18(12-14-33-26(23)15-20)16-29-25-17-28-13-11-24(25)27(31)32-2;1-2;/h3-7,10-11,13,15,17-18,22,29H,8-9,12,14,16H2,1-2H3;1-2H3;1H/t18-;;/m0../s1. The highest BCUT2D eigenvalue weighted by molar-refractivity contribution is 5.95. The van der Waals surface area contributed by atoms with Crippen LogP contribution >= 0.6 is 0 Å². The quantitative estimate of drug-likeness (QED) is 0.364. The molecule has 3 aromatic rings. The Morgan fingerprint density at radius 1 is 1.11 bits per heavy atom. The van der Waals surface area contributed by atoms with Gasteiger partial charge in [-0.05, 0) is 61.2 Å². The van der Waals surface area contributed by atoms with E-state index in [4.69, 9.17) is 14.2 Å². The molecule has 1 saturated carbocycles. The van der Waals surface area contributed by atoms with Crippen LogP contribution in [0.4, 0.5) is 17.1 Å². The Morgan fingerprint density at radius 3 is 2.58 bits per heavy atom. The number of carbonyl (C=O) groups is 1. The summed E-state index contributed by atoms with van der Waals surface area (Å²) in [5.74, 6) is 1.70. The first-order valence-electron chi connectivity index (χ1n) is 12.7. The molecule has 192 valence electrons. The number of hydrogen-bond donors (Lipinski definition) is 1. The lowest BCUT2D eigenvalue weighted by Crippen LogP contribution is -2.22. The maximum Gasteiger partial charge on any atom is 0.340 e. The Bertz CT molecular complexity index is 1170. The van der Waals surface area contributed by atoms with Crippen molar-refractivity contribution in [3.8, 4) is 11.5 Å². The number of anilines is 3. The molecule has 2 aromatic carbocycles. The third-order valence-electron chi connectivity index (χ3n) is 6.36. The van der Waals surface area contributed by atoms with Crippen LogP contribution in [0.25, 0.3) is 0 Å². The minimum Gasteiger partial charge on any atom is -0.493 e. The lowest BCUT2D eigenvalue weighted by Gasteiger charge is -2.28. The molecule has 5 rings (SSSR count). The number of benzene rings is 2. The summed E-state index contributed by atoms with van der Waals surface area (Å²) in [6.07, 6.45) is 6.85. The minimum absolute atomic E-state index is 0. The van der Waals surface area contributed by atoms with E-state index in [0.29, 0.717) is 30.5 Å². The van der Waals surface area contributed by atoms with E-state index in [0.717, 1.165) is 47.7 Å². The number of fused-ring (bicyclic) bond motifs is 1. The van der Waals surface area contributed by atoms with E-state index in [2.05, 4.69) is 52.6 Å². The SMILES string of the molecule is CC.COC(=O)c1ccncc1NC[C@@H]1CCOc2cc(N(C)c3ccc(OC4CC4)cc3)ccc21.[HH]. The molecule has 1 fully saturated rings. The average Bonchev–Trinajstić information content (AvgIpc) is 3.76. The molecular formula is C29H37N3O4. The largest absolute Gasteiger partial charge is 0.493 e. The summed E-state index contributed by atoms with van der Waals surface area (Å²) in [7, 11) is 3.43. The van der Waals surface area contributed by atoms with Crippen LogP contribution in [0.15, 0.2) is 60.9 Å². The number of nitrogens with one attached hydrogen (secondary N) is 1. The Morgan fingerprint density at radius 2 is 1.86 bits per heavy atom. The van der Waals surface area contributed by atoms with Gasteiger partial charge in [0.05, 0.1) is 37.3 Å². The van der Waals surface area contributed by atoms with Gasteiger partial charge in [-0.25, -0.2) is 4.79 Å². The van der Waals surface area contributed by atoms with Crippen LogP contribution in [-0.4, -0.2) is 44.4 Å². The van der Waals surface area contributed by atoms with Crippen molar-refractivity contribution in [1.29, 1.82) is 0 Å². The first-order valence-corrected chi connectivity index (χ1v) is 12.7. The number of rotatable bonds is 8. The summed E-state index contributed by atoms with van der Waals surface area (Å²) >= 11 is 0. The molecule has 36 heavy (non-hydrogen) atoms. The van der Waals surface area contributed by atoms with Crippen LogP contribution in [0.3, 0.4) is 0 Å². The van der Waals surface area contributed by atoms with Crippen molar-refractivity contribution in [3.63, 3.8) is 0 Å². The van der Waals surface area contributed by atoms with Crippen molar-refractivity contribution in [2.24, 2.45) is 0 Å². The molecular weight excluding hydrogens is 454 g/mol. The first-order chi connectivity index (χ1) is 17.6. The summed E-state index contributed by atoms with van der Waals surface area (Å²) in [5, 5.41) is 3.38. The van der Waals surface area contributed by atoms with Gasteiger partial charge in [0.2, 0.25) is 0 Å². The lowest BCUT2D eigenvalue weighted by molar-refractivity contribution is 0.0601. The first kappa shape index (κ1) is 25.4. The van der Waals surface area contributed by atoms with Gasteiger partial charge in [0.15, 0.2) is 0 Å². The Kier molecular flexibility index (Phi) is 8.31. The highest BCUT2D eigenvalue weighted by Gasteiger charge is 2.24. The van der Waals surface area contributed by atoms with E-state index in [1.54, 1.807) is 18.5 Å². The van der Waals surface area contributed by atoms with Gasteiger partial charge in [-0.1, -0.05) is 19.9 Å². The van der Waals surface area contributed by atoms with Gasteiger partial charge < -0.3 is 24.4 Å². The molecule has 0 bridgehead atoms. The van der Waals surface area contributed by atoms with Gasteiger partial charge in [-0.2, -0.15) is 0 Å². The summed E-state index contributed by atoms with van der Waals surface area (Å²) in [6, 6.07) is 16.2. The van der Waals surface area contributed by atoms with Crippen LogP contribution in [-0.2, 0) is 4.74 Å². The fourth-order valence-electron chi connectivity index (χ4n) is 4.20.